The SMILES string of the molecule is O=C(NCCc1ccccc1)N1CCCC1c1nc(C2CC2)no1. The van der Waals surface area contributed by atoms with E-state index in [4.69, 9.17) is 4.52 Å². The van der Waals surface area contributed by atoms with Crippen molar-refractivity contribution >= 4 is 6.03 Å². The monoisotopic (exact) mass is 326 g/mol. The average molecular weight is 326 g/mol. The third-order valence-corrected chi connectivity index (χ3v) is 4.73. The quantitative estimate of drug-likeness (QED) is 0.917. The van der Waals surface area contributed by atoms with Crippen LogP contribution in [0.4, 0.5) is 4.79 Å². The Hall–Kier alpha value is -2.37. The summed E-state index contributed by atoms with van der Waals surface area (Å²) in [7, 11) is 0. The Morgan fingerprint density at radius 2 is 2.08 bits per heavy atom. The van der Waals surface area contributed by atoms with Gasteiger partial charge in [0.15, 0.2) is 5.82 Å². The van der Waals surface area contributed by atoms with Crippen LogP contribution in [0.1, 0.15) is 54.9 Å². The summed E-state index contributed by atoms with van der Waals surface area (Å²) in [5.74, 6) is 1.87. The molecule has 1 atom stereocenters. The molecule has 2 aliphatic rings. The first-order valence-corrected chi connectivity index (χ1v) is 8.73. The molecule has 0 bridgehead atoms. The Balaban J connectivity index is 1.34. The second-order valence-electron chi connectivity index (χ2n) is 6.58. The van der Waals surface area contributed by atoms with E-state index in [0.29, 0.717) is 18.4 Å². The zero-order valence-corrected chi connectivity index (χ0v) is 13.6. The molecule has 1 aliphatic carbocycles. The second kappa shape index (κ2) is 6.63. The van der Waals surface area contributed by atoms with E-state index in [1.807, 2.05) is 23.1 Å². The molecule has 2 fully saturated rings. The highest BCUT2D eigenvalue weighted by Gasteiger charge is 2.36. The van der Waals surface area contributed by atoms with Crippen LogP contribution in [0.25, 0.3) is 0 Å². The van der Waals surface area contributed by atoms with E-state index in [1.54, 1.807) is 0 Å². The van der Waals surface area contributed by atoms with Crippen molar-refractivity contribution in [1.29, 1.82) is 0 Å². The summed E-state index contributed by atoms with van der Waals surface area (Å²) in [4.78, 5) is 18.8. The number of carbonyl (C=O) groups excluding carboxylic acids is 1. The predicted octanol–water partition coefficient (Wildman–Crippen LogP) is 3.04. The summed E-state index contributed by atoms with van der Waals surface area (Å²) < 4.78 is 5.42. The highest BCUT2D eigenvalue weighted by Crippen LogP contribution is 2.39. The van der Waals surface area contributed by atoms with Crippen molar-refractivity contribution in [2.75, 3.05) is 13.1 Å². The number of likely N-dealkylation sites (tertiary alicyclic amines) is 1. The van der Waals surface area contributed by atoms with Gasteiger partial charge in [0.1, 0.15) is 6.04 Å². The fraction of sp³-hybridized carbons (Fsp3) is 0.500. The van der Waals surface area contributed by atoms with Crippen LogP contribution in [0, 0.1) is 0 Å². The molecule has 6 heteroatoms. The summed E-state index contributed by atoms with van der Waals surface area (Å²) in [6, 6.07) is 10.0. The Morgan fingerprint density at radius 3 is 2.88 bits per heavy atom. The van der Waals surface area contributed by atoms with E-state index in [9.17, 15) is 4.79 Å². The molecule has 2 heterocycles. The molecule has 1 saturated carbocycles. The molecule has 1 aromatic carbocycles. The maximum atomic E-state index is 12.5. The molecule has 0 radical (unpaired) electrons. The average Bonchev–Trinajstić information content (AvgIpc) is 3.14. The number of nitrogens with zero attached hydrogens (tertiary/aromatic N) is 3. The van der Waals surface area contributed by atoms with Gasteiger partial charge in [-0.05, 0) is 37.7 Å². The highest BCUT2D eigenvalue weighted by atomic mass is 16.5. The topological polar surface area (TPSA) is 71.3 Å². The summed E-state index contributed by atoms with van der Waals surface area (Å²) in [6.07, 6.45) is 4.98. The molecule has 1 unspecified atom stereocenters. The Labute approximate surface area is 141 Å². The van der Waals surface area contributed by atoms with Crippen molar-refractivity contribution in [3.63, 3.8) is 0 Å². The van der Waals surface area contributed by atoms with Crippen LogP contribution in [0.15, 0.2) is 34.9 Å². The summed E-state index contributed by atoms with van der Waals surface area (Å²) in [6.45, 7) is 1.37. The van der Waals surface area contributed by atoms with Crippen molar-refractivity contribution in [3.8, 4) is 0 Å². The molecule has 1 N–H and O–H groups in total. The van der Waals surface area contributed by atoms with Crippen LogP contribution in [0.3, 0.4) is 0 Å². The van der Waals surface area contributed by atoms with Gasteiger partial charge < -0.3 is 14.7 Å². The largest absolute Gasteiger partial charge is 0.338 e. The van der Waals surface area contributed by atoms with Crippen molar-refractivity contribution < 1.29 is 9.32 Å². The minimum absolute atomic E-state index is 0.0420. The molecule has 1 aromatic heterocycles. The zero-order valence-electron chi connectivity index (χ0n) is 13.6. The number of benzene rings is 1. The van der Waals surface area contributed by atoms with Crippen LogP contribution in [-0.4, -0.2) is 34.2 Å². The molecular weight excluding hydrogens is 304 g/mol. The van der Waals surface area contributed by atoms with Gasteiger partial charge in [0.05, 0.1) is 0 Å². The van der Waals surface area contributed by atoms with E-state index in [2.05, 4.69) is 27.6 Å². The smallest absolute Gasteiger partial charge is 0.318 e. The van der Waals surface area contributed by atoms with Crippen molar-refractivity contribution in [3.05, 3.63) is 47.6 Å². The first kappa shape index (κ1) is 15.2. The number of hydrogen-bond acceptors (Lipinski definition) is 4. The Bertz CT molecular complexity index is 696. The molecular formula is C18H22N4O2. The summed E-state index contributed by atoms with van der Waals surface area (Å²) in [5.41, 5.74) is 1.22. The van der Waals surface area contributed by atoms with Gasteiger partial charge in [-0.3, -0.25) is 0 Å². The van der Waals surface area contributed by atoms with Gasteiger partial charge >= 0.3 is 6.03 Å². The normalized spacial score (nSPS) is 20.3. The minimum Gasteiger partial charge on any atom is -0.338 e. The van der Waals surface area contributed by atoms with Gasteiger partial charge in [0.25, 0.3) is 0 Å². The minimum atomic E-state index is -0.0817. The standard InChI is InChI=1S/C18H22N4O2/c23-18(19-11-10-13-5-2-1-3-6-13)22-12-4-7-15(22)17-20-16(21-24-17)14-8-9-14/h1-3,5-6,14-15H,4,7-12H2,(H,19,23). The summed E-state index contributed by atoms with van der Waals surface area (Å²) >= 11 is 0. The molecule has 0 spiro atoms. The van der Waals surface area contributed by atoms with Gasteiger partial charge in [-0.2, -0.15) is 4.98 Å². The van der Waals surface area contributed by atoms with Crippen molar-refractivity contribution in [1.82, 2.24) is 20.4 Å². The van der Waals surface area contributed by atoms with Gasteiger partial charge in [0, 0.05) is 19.0 Å². The lowest BCUT2D eigenvalue weighted by atomic mass is 10.1. The third-order valence-electron chi connectivity index (χ3n) is 4.73. The van der Waals surface area contributed by atoms with Crippen LogP contribution in [-0.2, 0) is 6.42 Å². The van der Waals surface area contributed by atoms with Crippen molar-refractivity contribution in [2.24, 2.45) is 0 Å². The van der Waals surface area contributed by atoms with Crippen molar-refractivity contribution in [2.45, 2.75) is 44.1 Å². The molecule has 1 aliphatic heterocycles. The molecule has 4 rings (SSSR count). The van der Waals surface area contributed by atoms with Crippen LogP contribution < -0.4 is 5.32 Å². The van der Waals surface area contributed by atoms with Crippen LogP contribution in [0.5, 0.6) is 0 Å². The molecule has 1 saturated heterocycles. The summed E-state index contributed by atoms with van der Waals surface area (Å²) in [5, 5.41) is 7.09. The lowest BCUT2D eigenvalue weighted by Gasteiger charge is -2.22. The van der Waals surface area contributed by atoms with Crippen LogP contribution in [0.2, 0.25) is 0 Å². The predicted molar refractivity (Wildman–Crippen MR) is 88.5 cm³/mol. The fourth-order valence-corrected chi connectivity index (χ4v) is 3.22. The third kappa shape index (κ3) is 3.27. The van der Waals surface area contributed by atoms with Gasteiger partial charge in [-0.25, -0.2) is 4.79 Å². The molecule has 2 aromatic rings. The zero-order chi connectivity index (χ0) is 16.4. The number of carbonyl (C=O) groups is 1. The molecule has 126 valence electrons. The maximum absolute atomic E-state index is 12.5. The Morgan fingerprint density at radius 1 is 1.25 bits per heavy atom. The second-order valence-corrected chi connectivity index (χ2v) is 6.58. The van der Waals surface area contributed by atoms with Gasteiger partial charge in [-0.15, -0.1) is 0 Å². The molecule has 6 nitrogen and oxygen atoms in total. The fourth-order valence-electron chi connectivity index (χ4n) is 3.22. The van der Waals surface area contributed by atoms with E-state index >= 15 is 0 Å². The van der Waals surface area contributed by atoms with E-state index in [-0.39, 0.29) is 12.1 Å². The number of rotatable bonds is 5. The first-order valence-electron chi connectivity index (χ1n) is 8.73. The van der Waals surface area contributed by atoms with E-state index in [0.717, 1.165) is 44.5 Å². The van der Waals surface area contributed by atoms with Gasteiger partial charge in [-0.1, -0.05) is 35.5 Å². The number of aromatic nitrogens is 2. The number of amides is 2. The van der Waals surface area contributed by atoms with Gasteiger partial charge in [0.2, 0.25) is 5.89 Å². The number of hydrogen-bond donors (Lipinski definition) is 1. The Kier molecular flexibility index (Phi) is 4.19. The maximum Gasteiger partial charge on any atom is 0.318 e. The van der Waals surface area contributed by atoms with E-state index < -0.39 is 0 Å². The van der Waals surface area contributed by atoms with E-state index in [1.165, 1.54) is 5.56 Å². The number of nitrogens with one attached hydrogen (secondary N) is 1. The first-order chi connectivity index (χ1) is 11.8. The highest BCUT2D eigenvalue weighted by molar-refractivity contribution is 5.74. The lowest BCUT2D eigenvalue weighted by molar-refractivity contribution is 0.180. The number of urea groups is 1. The molecule has 24 heavy (non-hydrogen) atoms. The lowest BCUT2D eigenvalue weighted by Crippen LogP contribution is -2.40. The van der Waals surface area contributed by atoms with Crippen LogP contribution >= 0.6 is 0 Å². The molecule has 2 amide bonds.